The minimum atomic E-state index is 0.00390. The zero-order chi connectivity index (χ0) is 22.1. The quantitative estimate of drug-likeness (QED) is 0.415. The molecular weight excluding hydrogens is 448 g/mol. The van der Waals surface area contributed by atoms with E-state index in [1.165, 1.54) is 17.6 Å². The van der Waals surface area contributed by atoms with E-state index in [2.05, 4.69) is 11.1 Å². The Morgan fingerprint density at radius 3 is 2.56 bits per heavy atom. The van der Waals surface area contributed by atoms with Gasteiger partial charge in [0, 0.05) is 36.1 Å². The second kappa shape index (κ2) is 8.54. The van der Waals surface area contributed by atoms with Gasteiger partial charge in [0.1, 0.15) is 6.07 Å². The molecule has 0 atom stereocenters. The average Bonchev–Trinajstić information content (AvgIpc) is 3.59. The van der Waals surface area contributed by atoms with Gasteiger partial charge in [-0.25, -0.2) is 0 Å². The summed E-state index contributed by atoms with van der Waals surface area (Å²) in [5, 5.41) is 10.1. The normalized spacial score (nSPS) is 13.9. The number of halogens is 1. The zero-order valence-electron chi connectivity index (χ0n) is 16.8. The smallest absolute Gasteiger partial charge is 0.266 e. The van der Waals surface area contributed by atoms with Crippen molar-refractivity contribution in [3.63, 3.8) is 0 Å². The van der Waals surface area contributed by atoms with E-state index >= 15 is 0 Å². The number of amides is 1. The Bertz CT molecular complexity index is 1280. The third-order valence-corrected chi connectivity index (χ3v) is 6.62. The molecule has 32 heavy (non-hydrogen) atoms. The third kappa shape index (κ3) is 3.88. The van der Waals surface area contributed by atoms with Gasteiger partial charge in [0.15, 0.2) is 5.76 Å². The van der Waals surface area contributed by atoms with Crippen LogP contribution in [-0.2, 0) is 0 Å². The lowest BCUT2D eigenvalue weighted by atomic mass is 10.2. The molecule has 7 nitrogen and oxygen atoms in total. The zero-order valence-corrected chi connectivity index (χ0v) is 18.4. The highest BCUT2D eigenvalue weighted by Crippen LogP contribution is 2.31. The first kappa shape index (κ1) is 20.4. The predicted molar refractivity (Wildman–Crippen MR) is 122 cm³/mol. The number of benzene rings is 1. The summed E-state index contributed by atoms with van der Waals surface area (Å²) < 4.78 is 11.1. The van der Waals surface area contributed by atoms with Crippen molar-refractivity contribution in [2.45, 2.75) is 0 Å². The largest absolute Gasteiger partial charge is 0.459 e. The van der Waals surface area contributed by atoms with Gasteiger partial charge in [0.05, 0.1) is 11.1 Å². The Hall–Kier alpha value is -3.54. The molecule has 0 aliphatic carbocycles. The molecule has 4 aromatic rings. The van der Waals surface area contributed by atoms with Gasteiger partial charge in [-0.1, -0.05) is 23.7 Å². The molecule has 1 aliphatic rings. The van der Waals surface area contributed by atoms with Crippen molar-refractivity contribution >= 4 is 34.7 Å². The number of piperazine rings is 1. The minimum absolute atomic E-state index is 0.00390. The van der Waals surface area contributed by atoms with Crippen molar-refractivity contribution < 1.29 is 13.6 Å². The third-order valence-electron chi connectivity index (χ3n) is 5.25. The molecule has 1 fully saturated rings. The van der Waals surface area contributed by atoms with E-state index in [1.807, 2.05) is 46.2 Å². The molecule has 5 rings (SSSR count). The van der Waals surface area contributed by atoms with Crippen molar-refractivity contribution in [1.82, 2.24) is 9.88 Å². The molecule has 0 bridgehead atoms. The van der Waals surface area contributed by atoms with Gasteiger partial charge in [-0.05, 0) is 42.0 Å². The molecule has 0 radical (unpaired) electrons. The number of oxazole rings is 1. The lowest BCUT2D eigenvalue weighted by molar-refractivity contribution is 0.0750. The summed E-state index contributed by atoms with van der Waals surface area (Å²) in [6.07, 6.45) is 1.53. The first-order chi connectivity index (χ1) is 15.6. The fourth-order valence-corrected chi connectivity index (χ4v) is 4.70. The summed E-state index contributed by atoms with van der Waals surface area (Å²) >= 11 is 7.43. The number of nitriles is 1. The number of carbonyl (C=O) groups is 1. The number of rotatable bonds is 4. The number of thiophene rings is 1. The fourth-order valence-electron chi connectivity index (χ4n) is 3.60. The van der Waals surface area contributed by atoms with Crippen LogP contribution in [0.3, 0.4) is 0 Å². The van der Waals surface area contributed by atoms with E-state index in [0.29, 0.717) is 47.7 Å². The van der Waals surface area contributed by atoms with E-state index < -0.39 is 0 Å². The van der Waals surface area contributed by atoms with Crippen LogP contribution in [0.2, 0.25) is 5.02 Å². The van der Waals surface area contributed by atoms with Crippen molar-refractivity contribution in [2.75, 3.05) is 31.1 Å². The Balaban J connectivity index is 1.27. The molecule has 0 unspecified atom stereocenters. The Morgan fingerprint density at radius 2 is 1.88 bits per heavy atom. The highest BCUT2D eigenvalue weighted by atomic mass is 35.5. The van der Waals surface area contributed by atoms with E-state index in [-0.39, 0.29) is 17.5 Å². The maximum Gasteiger partial charge on any atom is 0.266 e. The number of furan rings is 1. The van der Waals surface area contributed by atoms with Gasteiger partial charge in [-0.2, -0.15) is 10.2 Å². The molecule has 4 heterocycles. The lowest BCUT2D eigenvalue weighted by Gasteiger charge is -2.34. The standard InChI is InChI=1S/C23H17ClN4O3S/c24-16-5-3-15(4-6-16)19-7-8-20(32-19)22(29)27-9-11-28(12-10-27)23-17(14-25)26-21(31-23)18-2-1-13-30-18/h1-8,13H,9-12H2. The van der Waals surface area contributed by atoms with Gasteiger partial charge in [0.25, 0.3) is 11.8 Å². The molecule has 0 saturated carbocycles. The topological polar surface area (TPSA) is 86.5 Å². The van der Waals surface area contributed by atoms with Crippen LogP contribution >= 0.6 is 22.9 Å². The van der Waals surface area contributed by atoms with Crippen LogP contribution in [0.15, 0.2) is 63.6 Å². The van der Waals surface area contributed by atoms with Crippen LogP contribution < -0.4 is 4.90 Å². The van der Waals surface area contributed by atoms with E-state index in [9.17, 15) is 10.1 Å². The predicted octanol–water partition coefficient (Wildman–Crippen LogP) is 5.15. The van der Waals surface area contributed by atoms with Gasteiger partial charge in [-0.3, -0.25) is 4.79 Å². The first-order valence-corrected chi connectivity index (χ1v) is 11.2. The summed E-state index contributed by atoms with van der Waals surface area (Å²) in [4.78, 5) is 22.7. The maximum atomic E-state index is 13.0. The number of aromatic nitrogens is 1. The Labute approximate surface area is 193 Å². The SMILES string of the molecule is N#Cc1nc(-c2ccco2)oc1N1CCN(C(=O)c2ccc(-c3ccc(Cl)cc3)s2)CC1. The van der Waals surface area contributed by atoms with Gasteiger partial charge >= 0.3 is 0 Å². The van der Waals surface area contributed by atoms with Crippen LogP contribution in [0.25, 0.3) is 22.1 Å². The molecular formula is C23H17ClN4O3S. The molecule has 160 valence electrons. The van der Waals surface area contributed by atoms with Crippen molar-refractivity contribution in [1.29, 1.82) is 5.26 Å². The molecule has 1 aromatic carbocycles. The second-order valence-corrected chi connectivity index (χ2v) is 8.73. The van der Waals surface area contributed by atoms with Gasteiger partial charge in [0.2, 0.25) is 11.6 Å². The highest BCUT2D eigenvalue weighted by Gasteiger charge is 2.28. The van der Waals surface area contributed by atoms with E-state index in [0.717, 1.165) is 10.4 Å². The molecule has 0 spiro atoms. The number of hydrogen-bond donors (Lipinski definition) is 0. The summed E-state index contributed by atoms with van der Waals surface area (Å²) in [5.74, 6) is 1.15. The van der Waals surface area contributed by atoms with Crippen LogP contribution in [0, 0.1) is 11.3 Å². The van der Waals surface area contributed by atoms with Crippen LogP contribution in [0.4, 0.5) is 5.88 Å². The first-order valence-electron chi connectivity index (χ1n) is 9.97. The van der Waals surface area contributed by atoms with Gasteiger partial charge in [-0.15, -0.1) is 11.3 Å². The summed E-state index contributed by atoms with van der Waals surface area (Å²) in [5.41, 5.74) is 1.24. The number of anilines is 1. The molecule has 3 aromatic heterocycles. The summed E-state index contributed by atoms with van der Waals surface area (Å²) in [7, 11) is 0. The van der Waals surface area contributed by atoms with Crippen molar-refractivity contribution in [3.05, 3.63) is 70.4 Å². The second-order valence-electron chi connectivity index (χ2n) is 7.21. The molecule has 0 N–H and O–H groups in total. The number of carbonyl (C=O) groups excluding carboxylic acids is 1. The minimum Gasteiger partial charge on any atom is -0.459 e. The monoisotopic (exact) mass is 464 g/mol. The van der Waals surface area contributed by atoms with Crippen LogP contribution in [0.5, 0.6) is 0 Å². The molecule has 1 aliphatic heterocycles. The molecule has 1 saturated heterocycles. The highest BCUT2D eigenvalue weighted by molar-refractivity contribution is 7.17. The van der Waals surface area contributed by atoms with Crippen molar-refractivity contribution in [2.24, 2.45) is 0 Å². The average molecular weight is 465 g/mol. The van der Waals surface area contributed by atoms with Crippen LogP contribution in [0.1, 0.15) is 15.4 Å². The van der Waals surface area contributed by atoms with Gasteiger partial charge < -0.3 is 18.6 Å². The van der Waals surface area contributed by atoms with Crippen molar-refractivity contribution in [3.8, 4) is 28.2 Å². The Morgan fingerprint density at radius 1 is 1.09 bits per heavy atom. The number of hydrogen-bond acceptors (Lipinski definition) is 7. The fraction of sp³-hybridized carbons (Fsp3) is 0.174. The summed E-state index contributed by atoms with van der Waals surface area (Å²) in [6, 6.07) is 16.9. The molecule has 9 heteroatoms. The van der Waals surface area contributed by atoms with E-state index in [4.69, 9.17) is 20.4 Å². The summed E-state index contributed by atoms with van der Waals surface area (Å²) in [6.45, 7) is 2.13. The lowest BCUT2D eigenvalue weighted by Crippen LogP contribution is -2.48. The van der Waals surface area contributed by atoms with E-state index in [1.54, 1.807) is 12.1 Å². The number of nitrogens with zero attached hydrogens (tertiary/aromatic N) is 4. The Kier molecular flexibility index (Phi) is 5.43. The van der Waals surface area contributed by atoms with Crippen LogP contribution in [-0.4, -0.2) is 42.0 Å². The molecule has 1 amide bonds. The maximum absolute atomic E-state index is 13.0.